The molecule has 17 heavy (non-hydrogen) atoms. The summed E-state index contributed by atoms with van der Waals surface area (Å²) in [6.07, 6.45) is 5.84. The number of aromatic hydroxyl groups is 1. The molecule has 0 aliphatic carbocycles. The van der Waals surface area contributed by atoms with Gasteiger partial charge in [0.25, 0.3) is 0 Å². The highest BCUT2D eigenvalue weighted by atomic mass is 35.5. The van der Waals surface area contributed by atoms with Gasteiger partial charge in [-0.1, -0.05) is 24.1 Å². The summed E-state index contributed by atoms with van der Waals surface area (Å²) in [6, 6.07) is 5.22. The molecule has 0 heterocycles. The molecule has 0 unspecified atom stereocenters. The number of unbranched alkanes of at least 4 members (excludes halogenated alkanes) is 2. The van der Waals surface area contributed by atoms with Gasteiger partial charge < -0.3 is 10.4 Å². The molecule has 0 bridgehead atoms. The fraction of sp³-hybridized carbons (Fsp3) is 0.538. The average molecular weight is 274 g/mol. The van der Waals surface area contributed by atoms with Gasteiger partial charge in [0.05, 0.1) is 0 Å². The lowest BCUT2D eigenvalue weighted by Gasteiger charge is -2.08. The number of rotatable bonds is 8. The lowest BCUT2D eigenvalue weighted by molar-refractivity contribution is 0.464. The van der Waals surface area contributed by atoms with Crippen molar-refractivity contribution in [3.8, 4) is 5.75 Å². The third kappa shape index (κ3) is 5.66. The highest BCUT2D eigenvalue weighted by Crippen LogP contribution is 2.24. The number of hydrogen-bond donors (Lipinski definition) is 2. The summed E-state index contributed by atoms with van der Waals surface area (Å²) in [5, 5.41) is 13.6. The van der Waals surface area contributed by atoms with Crippen LogP contribution in [0.25, 0.3) is 0 Å². The maximum Gasteiger partial charge on any atom is 0.121 e. The van der Waals surface area contributed by atoms with Crippen molar-refractivity contribution in [1.82, 2.24) is 5.32 Å². The van der Waals surface area contributed by atoms with Crippen LogP contribution in [0.5, 0.6) is 5.75 Å². The van der Waals surface area contributed by atoms with Crippen molar-refractivity contribution in [2.45, 2.75) is 25.8 Å². The van der Waals surface area contributed by atoms with Crippen LogP contribution in [0.2, 0.25) is 5.02 Å². The van der Waals surface area contributed by atoms with E-state index in [1.165, 1.54) is 25.0 Å². The quantitative estimate of drug-likeness (QED) is 0.709. The van der Waals surface area contributed by atoms with Gasteiger partial charge >= 0.3 is 0 Å². The molecule has 0 saturated carbocycles. The summed E-state index contributed by atoms with van der Waals surface area (Å²) in [7, 11) is 0. The highest BCUT2D eigenvalue weighted by molar-refractivity contribution is 7.98. The number of nitrogens with one attached hydrogen (secondary N) is 1. The SMILES string of the molecule is CSCCCCCNCc1c(O)cccc1Cl. The van der Waals surface area contributed by atoms with Gasteiger partial charge in [-0.15, -0.1) is 0 Å². The third-order valence-corrected chi connectivity index (χ3v) is 3.65. The lowest BCUT2D eigenvalue weighted by Crippen LogP contribution is -2.15. The molecule has 96 valence electrons. The Balaban J connectivity index is 2.18. The van der Waals surface area contributed by atoms with Crippen LogP contribution >= 0.6 is 23.4 Å². The molecule has 0 amide bonds. The Bertz CT molecular complexity index is 313. The number of hydrogen-bond acceptors (Lipinski definition) is 3. The molecule has 1 aromatic rings. The molecule has 1 rings (SSSR count). The van der Waals surface area contributed by atoms with Crippen LogP contribution in [0, 0.1) is 0 Å². The summed E-state index contributed by atoms with van der Waals surface area (Å²) < 4.78 is 0. The summed E-state index contributed by atoms with van der Waals surface area (Å²) in [5.41, 5.74) is 0.790. The molecule has 0 spiro atoms. The fourth-order valence-corrected chi connectivity index (χ4v) is 2.34. The Kier molecular flexibility index (Phi) is 7.49. The zero-order chi connectivity index (χ0) is 12.5. The van der Waals surface area contributed by atoms with Crippen molar-refractivity contribution < 1.29 is 5.11 Å². The smallest absolute Gasteiger partial charge is 0.121 e. The molecular weight excluding hydrogens is 254 g/mol. The lowest BCUT2D eigenvalue weighted by atomic mass is 10.2. The molecule has 0 atom stereocenters. The minimum atomic E-state index is 0.271. The maximum atomic E-state index is 9.64. The molecule has 2 nitrogen and oxygen atoms in total. The zero-order valence-electron chi connectivity index (χ0n) is 10.2. The molecule has 2 N–H and O–H groups in total. The van der Waals surface area contributed by atoms with Gasteiger partial charge in [-0.25, -0.2) is 0 Å². The van der Waals surface area contributed by atoms with E-state index in [0.29, 0.717) is 11.6 Å². The van der Waals surface area contributed by atoms with E-state index in [0.717, 1.165) is 12.1 Å². The van der Waals surface area contributed by atoms with Gasteiger partial charge in [-0.2, -0.15) is 11.8 Å². The van der Waals surface area contributed by atoms with Crippen molar-refractivity contribution in [3.05, 3.63) is 28.8 Å². The molecule has 4 heteroatoms. The van der Waals surface area contributed by atoms with Crippen molar-refractivity contribution in [3.63, 3.8) is 0 Å². The number of halogens is 1. The molecule has 0 aliphatic heterocycles. The average Bonchev–Trinajstić information content (AvgIpc) is 2.31. The minimum absolute atomic E-state index is 0.271. The van der Waals surface area contributed by atoms with E-state index in [1.54, 1.807) is 18.2 Å². The molecule has 0 aliphatic rings. The summed E-state index contributed by atoms with van der Waals surface area (Å²) >= 11 is 7.90. The number of thioether (sulfide) groups is 1. The van der Waals surface area contributed by atoms with Gasteiger partial charge in [0.2, 0.25) is 0 Å². The van der Waals surface area contributed by atoms with E-state index in [9.17, 15) is 5.11 Å². The van der Waals surface area contributed by atoms with Crippen LogP contribution < -0.4 is 5.32 Å². The van der Waals surface area contributed by atoms with Gasteiger partial charge in [0, 0.05) is 17.1 Å². The molecule has 0 saturated heterocycles. The zero-order valence-corrected chi connectivity index (χ0v) is 11.8. The van der Waals surface area contributed by atoms with Gasteiger partial charge in [-0.3, -0.25) is 0 Å². The van der Waals surface area contributed by atoms with Crippen LogP contribution in [-0.4, -0.2) is 23.7 Å². The first-order valence-electron chi connectivity index (χ1n) is 5.91. The number of benzene rings is 1. The minimum Gasteiger partial charge on any atom is -0.508 e. The Morgan fingerprint density at radius 3 is 2.82 bits per heavy atom. The first-order valence-corrected chi connectivity index (χ1v) is 7.69. The predicted molar refractivity (Wildman–Crippen MR) is 77.1 cm³/mol. The van der Waals surface area contributed by atoms with Crippen molar-refractivity contribution in [2.75, 3.05) is 18.6 Å². The largest absolute Gasteiger partial charge is 0.508 e. The highest BCUT2D eigenvalue weighted by Gasteiger charge is 2.04. The first-order chi connectivity index (χ1) is 8.25. The van der Waals surface area contributed by atoms with Gasteiger partial charge in [-0.05, 0) is 43.5 Å². The van der Waals surface area contributed by atoms with E-state index < -0.39 is 0 Å². The number of phenols is 1. The number of phenolic OH excluding ortho intramolecular Hbond substituents is 1. The van der Waals surface area contributed by atoms with Crippen LogP contribution in [0.4, 0.5) is 0 Å². The normalized spacial score (nSPS) is 10.7. The van der Waals surface area contributed by atoms with E-state index in [-0.39, 0.29) is 5.75 Å². The molecule has 0 fully saturated rings. The molecular formula is C13H20ClNOS. The Morgan fingerprint density at radius 1 is 1.29 bits per heavy atom. The Hall–Kier alpha value is -0.380. The van der Waals surface area contributed by atoms with E-state index >= 15 is 0 Å². The van der Waals surface area contributed by atoms with E-state index in [1.807, 2.05) is 11.8 Å². The summed E-state index contributed by atoms with van der Waals surface area (Å²) in [6.45, 7) is 1.60. The van der Waals surface area contributed by atoms with E-state index in [2.05, 4.69) is 11.6 Å². The van der Waals surface area contributed by atoms with Gasteiger partial charge in [0.15, 0.2) is 0 Å². The van der Waals surface area contributed by atoms with Crippen LogP contribution in [0.3, 0.4) is 0 Å². The van der Waals surface area contributed by atoms with Crippen LogP contribution in [0.15, 0.2) is 18.2 Å². The van der Waals surface area contributed by atoms with E-state index in [4.69, 9.17) is 11.6 Å². The fourth-order valence-electron chi connectivity index (χ4n) is 1.61. The second kappa shape index (κ2) is 8.67. The van der Waals surface area contributed by atoms with Crippen LogP contribution in [0.1, 0.15) is 24.8 Å². The second-order valence-electron chi connectivity index (χ2n) is 3.97. The van der Waals surface area contributed by atoms with Crippen molar-refractivity contribution in [1.29, 1.82) is 0 Å². The Labute approximate surface area is 113 Å². The molecule has 0 aromatic heterocycles. The topological polar surface area (TPSA) is 32.3 Å². The third-order valence-electron chi connectivity index (χ3n) is 2.60. The standard InChI is InChI=1S/C13H20ClNOS/c1-17-9-4-2-3-8-15-10-11-12(14)6-5-7-13(11)16/h5-7,15-16H,2-4,8-10H2,1H3. The Morgan fingerprint density at radius 2 is 2.12 bits per heavy atom. The first kappa shape index (κ1) is 14.7. The summed E-state index contributed by atoms with van der Waals surface area (Å²) in [4.78, 5) is 0. The van der Waals surface area contributed by atoms with Crippen molar-refractivity contribution in [2.24, 2.45) is 0 Å². The molecule has 0 radical (unpaired) electrons. The predicted octanol–water partition coefficient (Wildman–Crippen LogP) is 3.67. The van der Waals surface area contributed by atoms with Crippen molar-refractivity contribution >= 4 is 23.4 Å². The maximum absolute atomic E-state index is 9.64. The second-order valence-corrected chi connectivity index (χ2v) is 5.36. The molecule has 1 aromatic carbocycles. The van der Waals surface area contributed by atoms with Crippen LogP contribution in [-0.2, 0) is 6.54 Å². The summed E-state index contributed by atoms with van der Waals surface area (Å²) in [5.74, 6) is 1.51. The monoisotopic (exact) mass is 273 g/mol. The van der Waals surface area contributed by atoms with Gasteiger partial charge in [0.1, 0.15) is 5.75 Å².